The number of rotatable bonds is 6. The monoisotopic (exact) mass is 696 g/mol. The lowest BCUT2D eigenvalue weighted by molar-refractivity contribution is 1.32. The van der Waals surface area contributed by atoms with E-state index in [4.69, 9.17) is 0 Å². The number of hydrogen-bond acceptors (Lipinski definition) is 3. The van der Waals surface area contributed by atoms with Crippen LogP contribution in [-0.2, 0) is 0 Å². The fourth-order valence-electron chi connectivity index (χ4n) is 6.66. The van der Waals surface area contributed by atoms with E-state index in [0.29, 0.717) is 0 Å². The predicted molar refractivity (Wildman–Crippen MR) is 211 cm³/mol. The van der Waals surface area contributed by atoms with Crippen molar-refractivity contribution in [2.75, 3.05) is 9.80 Å². The van der Waals surface area contributed by atoms with Crippen molar-refractivity contribution in [2.24, 2.45) is 0 Å². The number of hydrogen-bond donors (Lipinski definition) is 0. The quantitative estimate of drug-likeness (QED) is 0.171. The van der Waals surface area contributed by atoms with Gasteiger partial charge in [-0.05, 0) is 114 Å². The smallest absolute Gasteiger partial charge is 0.116 e. The highest BCUT2D eigenvalue weighted by molar-refractivity contribution is 9.10. The standard InChI is InChI=1S/C44H29BrN2S/c45-42-29-43(46(38-21-17-30-9-1-5-13-34(30)25-38)39-22-18-31-10-2-6-14-35(31)26-39)48-44(42)47(40-23-19-32-11-3-7-15-36(32)27-40)41-24-20-33-12-4-8-16-37(33)28-41/h1-29H. The van der Waals surface area contributed by atoms with Crippen LogP contribution in [0.2, 0.25) is 0 Å². The summed E-state index contributed by atoms with van der Waals surface area (Å²) in [5, 5.41) is 12.0. The molecule has 0 radical (unpaired) electrons. The molecule has 1 aromatic heterocycles. The molecule has 0 N–H and O–H groups in total. The molecule has 9 rings (SSSR count). The number of anilines is 6. The summed E-state index contributed by atoms with van der Waals surface area (Å²) in [5.41, 5.74) is 4.46. The van der Waals surface area contributed by atoms with Crippen LogP contribution in [0.15, 0.2) is 180 Å². The SMILES string of the molecule is Brc1cc(N(c2ccc3ccccc3c2)c2ccc3ccccc3c2)sc1N(c1ccc2ccccc2c1)c1ccc2ccccc2c1. The minimum Gasteiger partial charge on any atom is -0.302 e. The van der Waals surface area contributed by atoms with Crippen LogP contribution in [0.4, 0.5) is 32.8 Å². The zero-order chi connectivity index (χ0) is 32.0. The Kier molecular flexibility index (Phi) is 7.19. The topological polar surface area (TPSA) is 6.48 Å². The number of nitrogens with zero attached hydrogens (tertiary/aromatic N) is 2. The molecule has 2 nitrogen and oxygen atoms in total. The van der Waals surface area contributed by atoms with Crippen LogP contribution in [0.5, 0.6) is 0 Å². The van der Waals surface area contributed by atoms with Crippen LogP contribution in [0.1, 0.15) is 0 Å². The molecule has 1 heterocycles. The van der Waals surface area contributed by atoms with E-state index < -0.39 is 0 Å². The van der Waals surface area contributed by atoms with Crippen molar-refractivity contribution >= 4 is 103 Å². The maximum Gasteiger partial charge on any atom is 0.116 e. The lowest BCUT2D eigenvalue weighted by Crippen LogP contribution is -2.09. The second-order valence-electron chi connectivity index (χ2n) is 12.0. The Balaban J connectivity index is 1.25. The molecular formula is C44H29BrN2S. The molecule has 0 aliphatic heterocycles. The Morgan fingerprint density at radius 1 is 0.333 bits per heavy atom. The minimum atomic E-state index is 1.04. The van der Waals surface area contributed by atoms with Crippen molar-refractivity contribution < 1.29 is 0 Å². The molecule has 9 aromatic rings. The third-order valence-corrected chi connectivity index (χ3v) is 11.0. The summed E-state index contributed by atoms with van der Waals surface area (Å²) < 4.78 is 1.04. The van der Waals surface area contributed by atoms with Crippen LogP contribution >= 0.6 is 27.3 Å². The van der Waals surface area contributed by atoms with E-state index in [1.807, 2.05) is 0 Å². The van der Waals surface area contributed by atoms with Crippen LogP contribution in [0, 0.1) is 0 Å². The fourth-order valence-corrected chi connectivity index (χ4v) is 8.58. The summed E-state index contributed by atoms with van der Waals surface area (Å²) in [7, 11) is 0. The molecule has 8 aromatic carbocycles. The first kappa shape index (κ1) is 28.8. The average molecular weight is 698 g/mol. The van der Waals surface area contributed by atoms with Crippen LogP contribution < -0.4 is 9.80 Å². The molecule has 0 saturated heterocycles. The van der Waals surface area contributed by atoms with Crippen molar-refractivity contribution in [2.45, 2.75) is 0 Å². The van der Waals surface area contributed by atoms with E-state index >= 15 is 0 Å². The molecular weight excluding hydrogens is 668 g/mol. The van der Waals surface area contributed by atoms with E-state index in [1.54, 1.807) is 11.3 Å². The normalized spacial score (nSPS) is 11.4. The van der Waals surface area contributed by atoms with Gasteiger partial charge in [-0.2, -0.15) is 0 Å². The molecule has 0 unspecified atom stereocenters. The molecule has 0 spiro atoms. The van der Waals surface area contributed by atoms with Crippen molar-refractivity contribution in [1.29, 1.82) is 0 Å². The number of thiophene rings is 1. The van der Waals surface area contributed by atoms with Gasteiger partial charge in [-0.1, -0.05) is 133 Å². The second kappa shape index (κ2) is 12.0. The Morgan fingerprint density at radius 2 is 0.646 bits per heavy atom. The molecule has 0 amide bonds. The first-order valence-corrected chi connectivity index (χ1v) is 17.6. The van der Waals surface area contributed by atoms with Gasteiger partial charge in [-0.3, -0.25) is 0 Å². The second-order valence-corrected chi connectivity index (χ2v) is 13.9. The summed E-state index contributed by atoms with van der Waals surface area (Å²) >= 11 is 5.83. The van der Waals surface area contributed by atoms with Gasteiger partial charge in [0.25, 0.3) is 0 Å². The third-order valence-electron chi connectivity index (χ3n) is 9.04. The summed E-state index contributed by atoms with van der Waals surface area (Å²) in [5.74, 6) is 0. The van der Waals surface area contributed by atoms with Gasteiger partial charge in [0.05, 0.1) is 4.47 Å². The summed E-state index contributed by atoms with van der Waals surface area (Å²) in [4.78, 5) is 4.77. The Hall–Kier alpha value is -5.42. The minimum absolute atomic E-state index is 1.04. The van der Waals surface area contributed by atoms with Gasteiger partial charge >= 0.3 is 0 Å². The molecule has 0 atom stereocenters. The lowest BCUT2D eigenvalue weighted by Gasteiger charge is -2.26. The van der Waals surface area contributed by atoms with Gasteiger partial charge in [-0.15, -0.1) is 0 Å². The molecule has 0 fully saturated rings. The third kappa shape index (κ3) is 5.20. The van der Waals surface area contributed by atoms with Crippen molar-refractivity contribution in [3.63, 3.8) is 0 Å². The number of fused-ring (bicyclic) bond motifs is 4. The maximum atomic E-state index is 4.05. The Morgan fingerprint density at radius 3 is 1.00 bits per heavy atom. The summed E-state index contributed by atoms with van der Waals surface area (Å²) in [6.07, 6.45) is 0. The van der Waals surface area contributed by atoms with Crippen LogP contribution in [0.3, 0.4) is 0 Å². The molecule has 48 heavy (non-hydrogen) atoms. The number of benzene rings is 8. The molecule has 0 aliphatic carbocycles. The Bertz CT molecular complexity index is 2460. The zero-order valence-electron chi connectivity index (χ0n) is 25.9. The molecule has 0 saturated carbocycles. The van der Waals surface area contributed by atoms with Gasteiger partial charge in [0.15, 0.2) is 0 Å². The highest BCUT2D eigenvalue weighted by atomic mass is 79.9. The Labute approximate surface area is 291 Å². The van der Waals surface area contributed by atoms with Gasteiger partial charge < -0.3 is 9.80 Å². The average Bonchev–Trinajstić information content (AvgIpc) is 3.51. The lowest BCUT2D eigenvalue weighted by atomic mass is 10.1. The highest BCUT2D eigenvalue weighted by Crippen LogP contribution is 2.51. The molecule has 228 valence electrons. The van der Waals surface area contributed by atoms with Gasteiger partial charge in [0.1, 0.15) is 10.0 Å². The predicted octanol–water partition coefficient (Wildman–Crippen LogP) is 14.1. The highest BCUT2D eigenvalue weighted by Gasteiger charge is 2.23. The van der Waals surface area contributed by atoms with E-state index in [0.717, 1.165) is 37.2 Å². The maximum absolute atomic E-state index is 4.05. The summed E-state index contributed by atoms with van der Waals surface area (Å²) in [6.45, 7) is 0. The largest absolute Gasteiger partial charge is 0.302 e. The molecule has 0 bridgehead atoms. The molecule has 4 heteroatoms. The van der Waals surface area contributed by atoms with E-state index in [-0.39, 0.29) is 0 Å². The fraction of sp³-hybridized carbons (Fsp3) is 0. The zero-order valence-corrected chi connectivity index (χ0v) is 28.3. The molecule has 0 aliphatic rings. The first-order valence-electron chi connectivity index (χ1n) is 16.0. The van der Waals surface area contributed by atoms with Crippen LogP contribution in [-0.4, -0.2) is 0 Å². The van der Waals surface area contributed by atoms with E-state index in [9.17, 15) is 0 Å². The van der Waals surface area contributed by atoms with Crippen molar-refractivity contribution in [3.8, 4) is 0 Å². The van der Waals surface area contributed by atoms with Gasteiger partial charge in [0.2, 0.25) is 0 Å². The van der Waals surface area contributed by atoms with Gasteiger partial charge in [-0.25, -0.2) is 0 Å². The first-order chi connectivity index (χ1) is 23.7. The van der Waals surface area contributed by atoms with E-state index in [1.165, 1.54) is 43.1 Å². The van der Waals surface area contributed by atoms with E-state index in [2.05, 4.69) is 202 Å². The summed E-state index contributed by atoms with van der Waals surface area (Å²) in [6, 6.07) is 63.5. The van der Waals surface area contributed by atoms with Gasteiger partial charge in [0, 0.05) is 22.7 Å². The van der Waals surface area contributed by atoms with Crippen molar-refractivity contribution in [1.82, 2.24) is 0 Å². The van der Waals surface area contributed by atoms with Crippen molar-refractivity contribution in [3.05, 3.63) is 180 Å². The number of halogens is 1. The van der Waals surface area contributed by atoms with Crippen LogP contribution in [0.25, 0.3) is 43.1 Å².